The standard InChI is InChI=1S/C27H24N2O7/c1-3-34-26(32)22-20(28-27(33)29-23(22)21-9-6-14-35-21)15-36-25(31)19-8-5-4-7-18(19)24(30)17-12-10-16(2)11-13-17/h4-14,23H,3,15H2,1-2H3,(H2,28,29,33). The molecule has 1 unspecified atom stereocenters. The van der Waals surface area contributed by atoms with Crippen LogP contribution < -0.4 is 10.6 Å². The number of furan rings is 1. The zero-order valence-electron chi connectivity index (χ0n) is 19.7. The van der Waals surface area contributed by atoms with Crippen LogP contribution in [0.1, 0.15) is 50.6 Å². The van der Waals surface area contributed by atoms with E-state index in [4.69, 9.17) is 13.9 Å². The topological polar surface area (TPSA) is 124 Å². The second-order valence-electron chi connectivity index (χ2n) is 7.98. The van der Waals surface area contributed by atoms with Crippen LogP contribution in [0.2, 0.25) is 0 Å². The van der Waals surface area contributed by atoms with Gasteiger partial charge in [-0.05, 0) is 32.0 Å². The van der Waals surface area contributed by atoms with Crippen LogP contribution in [0.15, 0.2) is 82.6 Å². The minimum Gasteiger partial charge on any atom is -0.467 e. The number of amides is 2. The first-order valence-electron chi connectivity index (χ1n) is 11.3. The highest BCUT2D eigenvalue weighted by atomic mass is 16.5. The Balaban J connectivity index is 1.61. The van der Waals surface area contributed by atoms with Crippen molar-refractivity contribution >= 4 is 23.8 Å². The van der Waals surface area contributed by atoms with E-state index in [9.17, 15) is 19.2 Å². The second-order valence-corrected chi connectivity index (χ2v) is 7.98. The third-order valence-electron chi connectivity index (χ3n) is 5.53. The summed E-state index contributed by atoms with van der Waals surface area (Å²) >= 11 is 0. The number of hydrogen-bond donors (Lipinski definition) is 2. The van der Waals surface area contributed by atoms with E-state index < -0.39 is 30.6 Å². The summed E-state index contributed by atoms with van der Waals surface area (Å²) in [5.74, 6) is -1.51. The molecule has 3 aromatic rings. The molecule has 1 aromatic heterocycles. The number of carbonyl (C=O) groups excluding carboxylic acids is 4. The van der Waals surface area contributed by atoms with Crippen molar-refractivity contribution in [2.45, 2.75) is 19.9 Å². The van der Waals surface area contributed by atoms with Crippen LogP contribution in [0.4, 0.5) is 4.79 Å². The average molecular weight is 488 g/mol. The molecule has 0 spiro atoms. The maximum Gasteiger partial charge on any atom is 0.339 e. The van der Waals surface area contributed by atoms with E-state index in [0.29, 0.717) is 11.3 Å². The van der Waals surface area contributed by atoms with Gasteiger partial charge in [0.1, 0.15) is 18.4 Å². The SMILES string of the molecule is CCOC(=O)C1=C(COC(=O)c2ccccc2C(=O)c2ccc(C)cc2)NC(=O)NC1c1ccco1. The quantitative estimate of drug-likeness (QED) is 0.365. The van der Waals surface area contributed by atoms with E-state index in [1.165, 1.54) is 12.3 Å². The molecule has 36 heavy (non-hydrogen) atoms. The third-order valence-corrected chi connectivity index (χ3v) is 5.53. The zero-order valence-corrected chi connectivity index (χ0v) is 19.7. The number of benzene rings is 2. The lowest BCUT2D eigenvalue weighted by Gasteiger charge is -2.27. The van der Waals surface area contributed by atoms with Crippen molar-refractivity contribution in [1.82, 2.24) is 10.6 Å². The second kappa shape index (κ2) is 10.7. The minimum absolute atomic E-state index is 0.0446. The molecule has 4 rings (SSSR count). The van der Waals surface area contributed by atoms with Crippen molar-refractivity contribution in [1.29, 1.82) is 0 Å². The number of aryl methyl sites for hydroxylation is 1. The molecule has 0 bridgehead atoms. The van der Waals surface area contributed by atoms with Crippen LogP contribution in [0.3, 0.4) is 0 Å². The third kappa shape index (κ3) is 5.20. The Morgan fingerprint density at radius 2 is 1.64 bits per heavy atom. The van der Waals surface area contributed by atoms with Crippen molar-refractivity contribution in [3.05, 3.63) is 106 Å². The van der Waals surface area contributed by atoms with Gasteiger partial charge in [-0.3, -0.25) is 4.79 Å². The summed E-state index contributed by atoms with van der Waals surface area (Å²) in [6, 6.07) is 15.0. The van der Waals surface area contributed by atoms with E-state index >= 15 is 0 Å². The molecule has 0 saturated carbocycles. The van der Waals surface area contributed by atoms with Gasteiger partial charge in [0.15, 0.2) is 5.78 Å². The molecule has 2 heterocycles. The Bertz CT molecular complexity index is 1320. The lowest BCUT2D eigenvalue weighted by molar-refractivity contribution is -0.139. The van der Waals surface area contributed by atoms with Crippen molar-refractivity contribution in [3.63, 3.8) is 0 Å². The largest absolute Gasteiger partial charge is 0.467 e. The number of urea groups is 1. The monoisotopic (exact) mass is 488 g/mol. The van der Waals surface area contributed by atoms with Crippen molar-refractivity contribution in [2.24, 2.45) is 0 Å². The number of rotatable bonds is 8. The van der Waals surface area contributed by atoms with Gasteiger partial charge in [-0.2, -0.15) is 0 Å². The van der Waals surface area contributed by atoms with Gasteiger partial charge in [0.25, 0.3) is 0 Å². The lowest BCUT2D eigenvalue weighted by atomic mass is 9.97. The van der Waals surface area contributed by atoms with Gasteiger partial charge in [-0.15, -0.1) is 0 Å². The predicted molar refractivity (Wildman–Crippen MR) is 128 cm³/mol. The Morgan fingerprint density at radius 1 is 0.917 bits per heavy atom. The molecule has 2 N–H and O–H groups in total. The molecule has 184 valence electrons. The molecule has 2 amide bonds. The number of esters is 2. The van der Waals surface area contributed by atoms with Crippen LogP contribution in [-0.2, 0) is 14.3 Å². The molecule has 0 radical (unpaired) electrons. The molecule has 0 saturated heterocycles. The van der Waals surface area contributed by atoms with Gasteiger partial charge in [-0.1, -0.05) is 48.0 Å². The molecule has 9 nitrogen and oxygen atoms in total. The number of hydrogen-bond acceptors (Lipinski definition) is 7. The summed E-state index contributed by atoms with van der Waals surface area (Å²) in [5, 5.41) is 5.13. The first-order chi connectivity index (χ1) is 17.4. The van der Waals surface area contributed by atoms with Crippen LogP contribution in [0.5, 0.6) is 0 Å². The summed E-state index contributed by atoms with van der Waals surface area (Å²) < 4.78 is 16.0. The predicted octanol–water partition coefficient (Wildman–Crippen LogP) is 3.85. The first-order valence-corrected chi connectivity index (χ1v) is 11.3. The molecule has 0 aliphatic carbocycles. The van der Waals surface area contributed by atoms with Gasteiger partial charge in [0.05, 0.1) is 29.7 Å². The maximum atomic E-state index is 13.1. The molecule has 1 aliphatic rings. The Labute approximate surface area is 207 Å². The normalized spacial score (nSPS) is 15.1. The van der Waals surface area contributed by atoms with Gasteiger partial charge in [0, 0.05) is 11.1 Å². The summed E-state index contributed by atoms with van der Waals surface area (Å²) in [6.07, 6.45) is 1.41. The maximum absolute atomic E-state index is 13.1. The van der Waals surface area contributed by atoms with E-state index in [1.54, 1.807) is 49.4 Å². The van der Waals surface area contributed by atoms with Crippen LogP contribution in [0, 0.1) is 6.92 Å². The fourth-order valence-electron chi connectivity index (χ4n) is 3.79. The van der Waals surface area contributed by atoms with E-state index in [1.807, 2.05) is 19.1 Å². The zero-order chi connectivity index (χ0) is 25.7. The van der Waals surface area contributed by atoms with Crippen molar-refractivity contribution in [2.75, 3.05) is 13.2 Å². The molecule has 0 fully saturated rings. The van der Waals surface area contributed by atoms with Gasteiger partial charge in [-0.25, -0.2) is 14.4 Å². The number of ketones is 1. The van der Waals surface area contributed by atoms with E-state index in [0.717, 1.165) is 5.56 Å². The Hall–Kier alpha value is -4.66. The van der Waals surface area contributed by atoms with Gasteiger partial charge >= 0.3 is 18.0 Å². The summed E-state index contributed by atoms with van der Waals surface area (Å²) in [4.78, 5) is 51.2. The highest BCUT2D eigenvalue weighted by Gasteiger charge is 2.36. The summed E-state index contributed by atoms with van der Waals surface area (Å²) in [6.45, 7) is 3.22. The molecular formula is C27H24N2O7. The van der Waals surface area contributed by atoms with Crippen LogP contribution >= 0.6 is 0 Å². The highest BCUT2D eigenvalue weighted by molar-refractivity contribution is 6.14. The summed E-state index contributed by atoms with van der Waals surface area (Å²) in [5.41, 5.74) is 1.76. The Kier molecular flexibility index (Phi) is 7.29. The smallest absolute Gasteiger partial charge is 0.339 e. The molecule has 1 aliphatic heterocycles. The van der Waals surface area contributed by atoms with E-state index in [2.05, 4.69) is 10.6 Å². The number of ether oxygens (including phenoxy) is 2. The average Bonchev–Trinajstić information content (AvgIpc) is 3.42. The fourth-order valence-corrected chi connectivity index (χ4v) is 3.79. The Morgan fingerprint density at radius 3 is 2.31 bits per heavy atom. The highest BCUT2D eigenvalue weighted by Crippen LogP contribution is 2.28. The summed E-state index contributed by atoms with van der Waals surface area (Å²) in [7, 11) is 0. The number of carbonyl (C=O) groups is 4. The first kappa shape index (κ1) is 24.5. The molecule has 9 heteroatoms. The van der Waals surface area contributed by atoms with Crippen LogP contribution in [-0.4, -0.2) is 37.0 Å². The van der Waals surface area contributed by atoms with Crippen molar-refractivity contribution in [3.8, 4) is 0 Å². The van der Waals surface area contributed by atoms with Crippen LogP contribution in [0.25, 0.3) is 0 Å². The fraction of sp³-hybridized carbons (Fsp3) is 0.185. The van der Waals surface area contributed by atoms with Gasteiger partial charge in [0.2, 0.25) is 0 Å². The number of nitrogens with one attached hydrogen (secondary N) is 2. The molecule has 1 atom stereocenters. The van der Waals surface area contributed by atoms with Crippen molar-refractivity contribution < 1.29 is 33.1 Å². The molecule has 2 aromatic carbocycles. The minimum atomic E-state index is -0.933. The lowest BCUT2D eigenvalue weighted by Crippen LogP contribution is -2.47. The van der Waals surface area contributed by atoms with E-state index in [-0.39, 0.29) is 34.8 Å². The molecular weight excluding hydrogens is 464 g/mol. The van der Waals surface area contributed by atoms with Gasteiger partial charge < -0.3 is 24.5 Å².